The van der Waals surface area contributed by atoms with Gasteiger partial charge >= 0.3 is 11.9 Å². The lowest BCUT2D eigenvalue weighted by Gasteiger charge is -2.15. The van der Waals surface area contributed by atoms with E-state index in [1.807, 2.05) is 0 Å². The summed E-state index contributed by atoms with van der Waals surface area (Å²) in [5, 5.41) is 9.60. The molecule has 0 aromatic carbocycles. The summed E-state index contributed by atoms with van der Waals surface area (Å²) in [6.07, 6.45) is 70.2. The third-order valence-electron chi connectivity index (χ3n) is 11.2. The highest BCUT2D eigenvalue weighted by Crippen LogP contribution is 2.16. The van der Waals surface area contributed by atoms with E-state index in [4.69, 9.17) is 9.47 Å². The normalized spacial score (nSPS) is 12.8. The number of esters is 2. The fourth-order valence-corrected chi connectivity index (χ4v) is 7.34. The molecule has 0 radical (unpaired) electrons. The number of allylic oxidation sites excluding steroid dienone is 12. The molecule has 352 valence electrons. The first-order valence-corrected chi connectivity index (χ1v) is 26.0. The van der Waals surface area contributed by atoms with Gasteiger partial charge in [-0.2, -0.15) is 0 Å². The van der Waals surface area contributed by atoms with Crippen molar-refractivity contribution >= 4 is 11.9 Å². The van der Waals surface area contributed by atoms with E-state index in [1.54, 1.807) is 0 Å². The second-order valence-electron chi connectivity index (χ2n) is 17.2. The summed E-state index contributed by atoms with van der Waals surface area (Å²) in [7, 11) is 0. The van der Waals surface area contributed by atoms with E-state index in [-0.39, 0.29) is 25.2 Å². The van der Waals surface area contributed by atoms with Gasteiger partial charge in [-0.1, -0.05) is 228 Å². The van der Waals surface area contributed by atoms with Crippen LogP contribution in [0.25, 0.3) is 0 Å². The Morgan fingerprint density at radius 3 is 1.08 bits per heavy atom. The van der Waals surface area contributed by atoms with E-state index in [0.29, 0.717) is 12.8 Å². The van der Waals surface area contributed by atoms with Gasteiger partial charge in [-0.3, -0.25) is 9.59 Å². The molecule has 0 saturated heterocycles. The van der Waals surface area contributed by atoms with Crippen LogP contribution in [0.2, 0.25) is 0 Å². The molecule has 0 heterocycles. The highest BCUT2D eigenvalue weighted by Gasteiger charge is 2.16. The van der Waals surface area contributed by atoms with Crippen LogP contribution in [0.3, 0.4) is 0 Å². The zero-order valence-corrected chi connectivity index (χ0v) is 40.2. The summed E-state index contributed by atoms with van der Waals surface area (Å²) in [6, 6.07) is 0. The van der Waals surface area contributed by atoms with Crippen molar-refractivity contribution in [1.29, 1.82) is 0 Å². The van der Waals surface area contributed by atoms with E-state index in [2.05, 4.69) is 86.8 Å². The molecule has 1 N–H and O–H groups in total. The molecule has 0 aliphatic heterocycles. The lowest BCUT2D eigenvalue weighted by Crippen LogP contribution is -2.28. The number of hydrogen-bond donors (Lipinski definition) is 1. The summed E-state index contributed by atoms with van der Waals surface area (Å²) in [5.74, 6) is -0.596. The van der Waals surface area contributed by atoms with Crippen LogP contribution >= 0.6 is 0 Å². The minimum Gasteiger partial charge on any atom is -0.462 e. The van der Waals surface area contributed by atoms with Crippen LogP contribution in [-0.4, -0.2) is 36.4 Å². The Bertz CT molecular complexity index is 1100. The maximum absolute atomic E-state index is 12.2. The minimum atomic E-state index is -0.774. The molecule has 0 rings (SSSR count). The highest BCUT2D eigenvalue weighted by molar-refractivity contribution is 5.70. The number of ether oxygens (including phenoxy) is 2. The van der Waals surface area contributed by atoms with E-state index in [0.717, 1.165) is 77.0 Å². The molecule has 0 fully saturated rings. The number of aliphatic hydroxyl groups excluding tert-OH is 1. The third kappa shape index (κ3) is 49.9. The number of unbranched alkanes of at least 4 members (excludes halogenated alkanes) is 27. The van der Waals surface area contributed by atoms with Crippen LogP contribution < -0.4 is 0 Å². The predicted molar refractivity (Wildman–Crippen MR) is 265 cm³/mol. The van der Waals surface area contributed by atoms with Gasteiger partial charge in [-0.05, 0) is 83.5 Å². The molecule has 5 heteroatoms. The molecule has 0 aliphatic carbocycles. The molecule has 1 atom stereocenters. The molecule has 0 bridgehead atoms. The van der Waals surface area contributed by atoms with Crippen LogP contribution in [0, 0.1) is 0 Å². The van der Waals surface area contributed by atoms with Crippen LogP contribution in [-0.2, 0) is 19.1 Å². The van der Waals surface area contributed by atoms with Crippen molar-refractivity contribution in [2.24, 2.45) is 0 Å². The Labute approximate surface area is 378 Å². The molecule has 0 spiro atoms. The zero-order valence-electron chi connectivity index (χ0n) is 40.2. The van der Waals surface area contributed by atoms with Gasteiger partial charge in [0.05, 0.1) is 6.61 Å². The Balaban J connectivity index is 3.44. The zero-order chi connectivity index (χ0) is 44.2. The monoisotopic (exact) mass is 851 g/mol. The molecule has 0 aliphatic rings. The first-order valence-electron chi connectivity index (χ1n) is 26.0. The topological polar surface area (TPSA) is 72.8 Å². The van der Waals surface area contributed by atoms with Crippen LogP contribution in [0.1, 0.15) is 251 Å². The van der Waals surface area contributed by atoms with Gasteiger partial charge in [0.15, 0.2) is 6.10 Å². The number of carbonyl (C=O) groups excluding carboxylic acids is 2. The molecule has 0 amide bonds. The van der Waals surface area contributed by atoms with Crippen LogP contribution in [0.15, 0.2) is 72.9 Å². The fourth-order valence-electron chi connectivity index (χ4n) is 7.34. The molecular formula is C56H98O5. The second kappa shape index (κ2) is 51.7. The summed E-state index contributed by atoms with van der Waals surface area (Å²) in [4.78, 5) is 24.4. The van der Waals surface area contributed by atoms with Gasteiger partial charge in [0.25, 0.3) is 0 Å². The Morgan fingerprint density at radius 2 is 0.705 bits per heavy atom. The van der Waals surface area contributed by atoms with Crippen LogP contribution in [0.4, 0.5) is 0 Å². The summed E-state index contributed by atoms with van der Waals surface area (Å²) in [6.45, 7) is 4.00. The summed E-state index contributed by atoms with van der Waals surface area (Å²) >= 11 is 0. The average Bonchev–Trinajstić information content (AvgIpc) is 3.26. The van der Waals surface area contributed by atoms with Crippen molar-refractivity contribution in [2.75, 3.05) is 13.2 Å². The third-order valence-corrected chi connectivity index (χ3v) is 11.2. The standard InChI is InChI=1S/C56H98O5/c1-3-5-7-9-11-13-15-17-18-19-20-21-22-23-24-25-26-27-28-29-30-31-32-33-34-35-36-37-38-39-41-43-45-47-49-51-56(59)61-54(52-57)53-60-55(58)50-48-46-44-42-40-16-14-12-10-8-6-4-2/h5,7,11-14,17-18,20-21,23-24,54,57H,3-4,6,8-10,15-16,19,22,25-53H2,1-2H3/b7-5-,13-11-,14-12-,18-17-,21-20-,24-23-. The lowest BCUT2D eigenvalue weighted by molar-refractivity contribution is -0.161. The quantitative estimate of drug-likeness (QED) is 0.0375. The number of rotatable bonds is 47. The largest absolute Gasteiger partial charge is 0.462 e. The smallest absolute Gasteiger partial charge is 0.306 e. The predicted octanol–water partition coefficient (Wildman–Crippen LogP) is 17.2. The van der Waals surface area contributed by atoms with E-state index in [9.17, 15) is 14.7 Å². The molecule has 5 nitrogen and oxygen atoms in total. The van der Waals surface area contributed by atoms with Gasteiger partial charge in [0.2, 0.25) is 0 Å². The Hall–Kier alpha value is -2.66. The lowest BCUT2D eigenvalue weighted by atomic mass is 10.0. The summed E-state index contributed by atoms with van der Waals surface area (Å²) in [5.41, 5.74) is 0. The maximum atomic E-state index is 12.2. The average molecular weight is 851 g/mol. The number of carbonyl (C=O) groups is 2. The van der Waals surface area contributed by atoms with Crippen molar-refractivity contribution in [3.05, 3.63) is 72.9 Å². The molecule has 0 saturated carbocycles. The Kier molecular flexibility index (Phi) is 49.4. The van der Waals surface area contributed by atoms with Gasteiger partial charge in [0, 0.05) is 12.8 Å². The Morgan fingerprint density at radius 1 is 0.393 bits per heavy atom. The van der Waals surface area contributed by atoms with Crippen molar-refractivity contribution in [3.63, 3.8) is 0 Å². The van der Waals surface area contributed by atoms with Crippen molar-refractivity contribution in [3.8, 4) is 0 Å². The van der Waals surface area contributed by atoms with E-state index in [1.165, 1.54) is 148 Å². The van der Waals surface area contributed by atoms with Gasteiger partial charge in [-0.15, -0.1) is 0 Å². The van der Waals surface area contributed by atoms with Crippen molar-refractivity contribution < 1.29 is 24.2 Å². The maximum Gasteiger partial charge on any atom is 0.306 e. The molecule has 61 heavy (non-hydrogen) atoms. The van der Waals surface area contributed by atoms with Gasteiger partial charge in [-0.25, -0.2) is 0 Å². The molecule has 0 aromatic heterocycles. The first kappa shape index (κ1) is 58.3. The fraction of sp³-hybridized carbons (Fsp3) is 0.750. The van der Waals surface area contributed by atoms with Gasteiger partial charge < -0.3 is 14.6 Å². The number of aliphatic hydroxyl groups is 1. The summed E-state index contributed by atoms with van der Waals surface area (Å²) < 4.78 is 10.6. The van der Waals surface area contributed by atoms with Crippen molar-refractivity contribution in [2.45, 2.75) is 258 Å². The highest BCUT2D eigenvalue weighted by atomic mass is 16.6. The first-order chi connectivity index (χ1) is 30.1. The van der Waals surface area contributed by atoms with Gasteiger partial charge in [0.1, 0.15) is 6.61 Å². The molecular weight excluding hydrogens is 753 g/mol. The van der Waals surface area contributed by atoms with E-state index >= 15 is 0 Å². The van der Waals surface area contributed by atoms with E-state index < -0.39 is 6.10 Å². The number of hydrogen-bond acceptors (Lipinski definition) is 5. The van der Waals surface area contributed by atoms with Crippen LogP contribution in [0.5, 0.6) is 0 Å². The molecule has 0 aromatic rings. The van der Waals surface area contributed by atoms with Crippen molar-refractivity contribution in [1.82, 2.24) is 0 Å². The molecule has 1 unspecified atom stereocenters. The minimum absolute atomic E-state index is 0.0691. The SMILES string of the molecule is CC/C=C\C/C=C\C/C=C\C/C=C\C/C=C\CCCCCCCCCCCCCCCCCCCCCC(=O)OC(CO)COC(=O)CCCCCCC/C=C\CCCCC. The second-order valence-corrected chi connectivity index (χ2v) is 17.2.